The Balaban J connectivity index is 2.69. The van der Waals surface area contributed by atoms with E-state index in [0.29, 0.717) is 6.42 Å². The Morgan fingerprint density at radius 3 is 2.75 bits per heavy atom. The first-order valence-electron chi connectivity index (χ1n) is 5.38. The predicted octanol–water partition coefficient (Wildman–Crippen LogP) is 3.18. The van der Waals surface area contributed by atoms with Gasteiger partial charge in [0.1, 0.15) is 11.3 Å². The van der Waals surface area contributed by atoms with Crippen molar-refractivity contribution in [2.24, 2.45) is 0 Å². The fourth-order valence-electron chi connectivity index (χ4n) is 1.98. The third-order valence-corrected chi connectivity index (χ3v) is 2.84. The van der Waals surface area contributed by atoms with Crippen LogP contribution in [-0.2, 0) is 11.2 Å². The van der Waals surface area contributed by atoms with E-state index >= 15 is 0 Å². The minimum atomic E-state index is -0.818. The van der Waals surface area contributed by atoms with Crippen LogP contribution >= 0.6 is 0 Å². The van der Waals surface area contributed by atoms with Crippen LogP contribution in [0.15, 0.2) is 28.7 Å². The molecule has 0 bridgehead atoms. The lowest BCUT2D eigenvalue weighted by molar-refractivity contribution is -0.138. The maximum absolute atomic E-state index is 11.1. The second kappa shape index (κ2) is 4.00. The average Bonchev–Trinajstić information content (AvgIpc) is 2.66. The summed E-state index contributed by atoms with van der Waals surface area (Å²) < 4.78 is 5.66. The van der Waals surface area contributed by atoms with Gasteiger partial charge in [0.2, 0.25) is 0 Å². The van der Waals surface area contributed by atoms with E-state index in [9.17, 15) is 4.79 Å². The lowest BCUT2D eigenvalue weighted by Gasteiger charge is -2.05. The molecule has 0 aliphatic heterocycles. The normalized spacial score (nSPS) is 12.9. The van der Waals surface area contributed by atoms with Crippen LogP contribution in [0.2, 0.25) is 0 Å². The fraction of sp³-hybridized carbons (Fsp3) is 0.308. The Hall–Kier alpha value is -1.77. The summed E-state index contributed by atoms with van der Waals surface area (Å²) in [6.45, 7) is 3.66. The second-order valence-corrected chi connectivity index (χ2v) is 3.85. The third kappa shape index (κ3) is 1.58. The molecule has 0 aliphatic rings. The van der Waals surface area contributed by atoms with Gasteiger partial charge in [-0.1, -0.05) is 25.1 Å². The highest BCUT2D eigenvalue weighted by atomic mass is 16.4. The van der Waals surface area contributed by atoms with Crippen molar-refractivity contribution in [3.05, 3.63) is 35.6 Å². The second-order valence-electron chi connectivity index (χ2n) is 3.85. The topological polar surface area (TPSA) is 50.4 Å². The SMILES string of the molecule is CCc1oc2ccccc2c1C(C)C(=O)O. The number of rotatable bonds is 3. The van der Waals surface area contributed by atoms with E-state index in [1.807, 2.05) is 31.2 Å². The molecule has 1 unspecified atom stereocenters. The average molecular weight is 218 g/mol. The number of carboxylic acids is 1. The molecule has 1 aromatic carbocycles. The van der Waals surface area contributed by atoms with Gasteiger partial charge in [0, 0.05) is 17.4 Å². The largest absolute Gasteiger partial charge is 0.481 e. The number of para-hydroxylation sites is 1. The summed E-state index contributed by atoms with van der Waals surface area (Å²) in [6, 6.07) is 7.56. The van der Waals surface area contributed by atoms with Gasteiger partial charge >= 0.3 is 5.97 Å². The predicted molar refractivity (Wildman–Crippen MR) is 61.6 cm³/mol. The molecule has 2 aromatic rings. The fourth-order valence-corrected chi connectivity index (χ4v) is 1.98. The van der Waals surface area contributed by atoms with E-state index in [0.717, 1.165) is 22.3 Å². The van der Waals surface area contributed by atoms with Crippen LogP contribution in [0.25, 0.3) is 11.0 Å². The standard InChI is InChI=1S/C13H14O3/c1-3-10-12(8(2)13(14)15)9-6-4-5-7-11(9)16-10/h4-8H,3H2,1-2H3,(H,14,15). The maximum Gasteiger partial charge on any atom is 0.310 e. The molecule has 0 radical (unpaired) electrons. The zero-order valence-corrected chi connectivity index (χ0v) is 9.36. The van der Waals surface area contributed by atoms with Gasteiger partial charge in [-0.3, -0.25) is 4.79 Å². The van der Waals surface area contributed by atoms with Gasteiger partial charge in [0.05, 0.1) is 5.92 Å². The van der Waals surface area contributed by atoms with Crippen LogP contribution < -0.4 is 0 Å². The van der Waals surface area contributed by atoms with E-state index in [4.69, 9.17) is 9.52 Å². The molecule has 0 saturated carbocycles. The molecule has 1 atom stereocenters. The van der Waals surface area contributed by atoms with Crippen LogP contribution in [-0.4, -0.2) is 11.1 Å². The van der Waals surface area contributed by atoms with Crippen molar-refractivity contribution >= 4 is 16.9 Å². The summed E-state index contributed by atoms with van der Waals surface area (Å²) in [5, 5.41) is 10.0. The van der Waals surface area contributed by atoms with E-state index in [1.165, 1.54) is 0 Å². The molecule has 3 nitrogen and oxygen atoms in total. The highest BCUT2D eigenvalue weighted by molar-refractivity contribution is 5.88. The third-order valence-electron chi connectivity index (χ3n) is 2.84. The Labute approximate surface area is 93.7 Å². The lowest BCUT2D eigenvalue weighted by Crippen LogP contribution is -2.08. The summed E-state index contributed by atoms with van der Waals surface area (Å²) in [7, 11) is 0. The zero-order chi connectivity index (χ0) is 11.7. The maximum atomic E-state index is 11.1. The highest BCUT2D eigenvalue weighted by Gasteiger charge is 2.23. The molecule has 84 valence electrons. The molecule has 16 heavy (non-hydrogen) atoms. The number of carbonyl (C=O) groups is 1. The number of aliphatic carboxylic acids is 1. The molecule has 0 spiro atoms. The van der Waals surface area contributed by atoms with Gasteiger partial charge in [-0.15, -0.1) is 0 Å². The Morgan fingerprint density at radius 2 is 2.12 bits per heavy atom. The van der Waals surface area contributed by atoms with Crippen molar-refractivity contribution in [2.75, 3.05) is 0 Å². The summed E-state index contributed by atoms with van der Waals surface area (Å²) in [4.78, 5) is 11.1. The van der Waals surface area contributed by atoms with Crippen LogP contribution in [0.5, 0.6) is 0 Å². The minimum Gasteiger partial charge on any atom is -0.481 e. The quantitative estimate of drug-likeness (QED) is 0.860. The number of benzene rings is 1. The monoisotopic (exact) mass is 218 g/mol. The van der Waals surface area contributed by atoms with Crippen molar-refractivity contribution in [1.82, 2.24) is 0 Å². The van der Waals surface area contributed by atoms with Gasteiger partial charge < -0.3 is 9.52 Å². The Morgan fingerprint density at radius 1 is 1.44 bits per heavy atom. The molecule has 0 aliphatic carbocycles. The van der Waals surface area contributed by atoms with Gasteiger partial charge in [-0.05, 0) is 13.0 Å². The molecule has 0 fully saturated rings. The molecule has 1 N–H and O–H groups in total. The highest BCUT2D eigenvalue weighted by Crippen LogP contribution is 2.32. The first kappa shape index (κ1) is 10.7. The first-order valence-corrected chi connectivity index (χ1v) is 5.38. The van der Waals surface area contributed by atoms with Gasteiger partial charge in [0.15, 0.2) is 0 Å². The summed E-state index contributed by atoms with van der Waals surface area (Å²) in [5.74, 6) is -0.573. The molecule has 2 rings (SSSR count). The van der Waals surface area contributed by atoms with Crippen LogP contribution in [0.1, 0.15) is 31.1 Å². The lowest BCUT2D eigenvalue weighted by atomic mass is 9.97. The van der Waals surface area contributed by atoms with Crippen LogP contribution in [0.3, 0.4) is 0 Å². The van der Waals surface area contributed by atoms with Crippen molar-refractivity contribution in [3.63, 3.8) is 0 Å². The van der Waals surface area contributed by atoms with Crippen molar-refractivity contribution in [3.8, 4) is 0 Å². The molecule has 1 aromatic heterocycles. The number of hydrogen-bond donors (Lipinski definition) is 1. The van der Waals surface area contributed by atoms with Gasteiger partial charge in [-0.2, -0.15) is 0 Å². The molecular formula is C13H14O3. The van der Waals surface area contributed by atoms with Crippen molar-refractivity contribution in [1.29, 1.82) is 0 Å². The van der Waals surface area contributed by atoms with Crippen molar-refractivity contribution in [2.45, 2.75) is 26.2 Å². The van der Waals surface area contributed by atoms with E-state index in [-0.39, 0.29) is 0 Å². The first-order chi connectivity index (χ1) is 7.65. The smallest absolute Gasteiger partial charge is 0.310 e. The number of aryl methyl sites for hydroxylation is 1. The van der Waals surface area contributed by atoms with E-state index < -0.39 is 11.9 Å². The zero-order valence-electron chi connectivity index (χ0n) is 9.36. The number of furan rings is 1. The van der Waals surface area contributed by atoms with Gasteiger partial charge in [0.25, 0.3) is 0 Å². The molecule has 0 amide bonds. The Bertz CT molecular complexity index is 525. The van der Waals surface area contributed by atoms with E-state index in [2.05, 4.69) is 0 Å². The van der Waals surface area contributed by atoms with Gasteiger partial charge in [-0.25, -0.2) is 0 Å². The number of carboxylic acid groups (broad SMARTS) is 1. The summed E-state index contributed by atoms with van der Waals surface area (Å²) in [6.07, 6.45) is 0.710. The number of hydrogen-bond acceptors (Lipinski definition) is 2. The minimum absolute atomic E-state index is 0.529. The molecule has 0 saturated heterocycles. The van der Waals surface area contributed by atoms with Crippen molar-refractivity contribution < 1.29 is 14.3 Å². The molecular weight excluding hydrogens is 204 g/mol. The molecule has 1 heterocycles. The number of fused-ring (bicyclic) bond motifs is 1. The van der Waals surface area contributed by atoms with Crippen LogP contribution in [0.4, 0.5) is 0 Å². The summed E-state index contributed by atoms with van der Waals surface area (Å²) in [5.41, 5.74) is 1.58. The van der Waals surface area contributed by atoms with Crippen LogP contribution in [0, 0.1) is 0 Å². The van der Waals surface area contributed by atoms with E-state index in [1.54, 1.807) is 6.92 Å². The summed E-state index contributed by atoms with van der Waals surface area (Å²) >= 11 is 0. The Kier molecular flexibility index (Phi) is 2.69. The molecule has 3 heteroatoms.